The van der Waals surface area contributed by atoms with Gasteiger partial charge in [-0.25, -0.2) is 4.79 Å². The molecule has 0 saturated carbocycles. The number of likely N-dealkylation sites (N-methyl/N-ethyl adjacent to an activating group) is 1. The van der Waals surface area contributed by atoms with Crippen molar-refractivity contribution in [3.63, 3.8) is 0 Å². The zero-order valence-electron chi connectivity index (χ0n) is 13.5. The molecule has 1 saturated heterocycles. The predicted molar refractivity (Wildman–Crippen MR) is 88.4 cm³/mol. The fourth-order valence-corrected chi connectivity index (χ4v) is 3.23. The summed E-state index contributed by atoms with van der Waals surface area (Å²) >= 11 is 1.28. The third-order valence-corrected chi connectivity index (χ3v) is 4.83. The maximum absolute atomic E-state index is 12.5. The Labute approximate surface area is 144 Å². The normalized spacial score (nSPS) is 17.0. The topological polar surface area (TPSA) is 75.6 Å². The molecule has 126 valence electrons. The highest BCUT2D eigenvalue weighted by atomic mass is 32.1. The van der Waals surface area contributed by atoms with Gasteiger partial charge in [0, 0.05) is 7.05 Å². The largest absolute Gasteiger partial charge is 0.447 e. The van der Waals surface area contributed by atoms with Crippen molar-refractivity contribution in [2.24, 2.45) is 0 Å². The monoisotopic (exact) mass is 346 g/mol. The van der Waals surface area contributed by atoms with Crippen molar-refractivity contribution in [3.05, 3.63) is 46.5 Å². The summed E-state index contributed by atoms with van der Waals surface area (Å²) in [6.07, 6.45) is -0.457. The van der Waals surface area contributed by atoms with E-state index in [9.17, 15) is 9.59 Å². The van der Waals surface area contributed by atoms with Gasteiger partial charge in [0.05, 0.1) is 23.2 Å². The molecule has 0 aliphatic carbocycles. The minimum atomic E-state index is -0.457. The molecule has 0 unspecified atom stereocenters. The molecule has 0 spiro atoms. The van der Waals surface area contributed by atoms with Crippen molar-refractivity contribution in [1.29, 1.82) is 0 Å². The summed E-state index contributed by atoms with van der Waals surface area (Å²) in [6, 6.07) is 9.35. The van der Waals surface area contributed by atoms with Gasteiger partial charge in [-0.3, -0.25) is 9.69 Å². The van der Waals surface area contributed by atoms with E-state index in [1.807, 2.05) is 37.3 Å². The molecule has 24 heavy (non-hydrogen) atoms. The van der Waals surface area contributed by atoms with E-state index >= 15 is 0 Å². The molecule has 1 fully saturated rings. The number of cyclic esters (lactones) is 1. The van der Waals surface area contributed by atoms with Gasteiger partial charge in [0.1, 0.15) is 13.2 Å². The number of benzene rings is 1. The summed E-state index contributed by atoms with van der Waals surface area (Å²) in [4.78, 5) is 28.5. The lowest BCUT2D eigenvalue weighted by Crippen LogP contribution is -2.39. The van der Waals surface area contributed by atoms with Crippen LogP contribution >= 0.6 is 11.5 Å². The summed E-state index contributed by atoms with van der Waals surface area (Å²) in [7, 11) is 1.71. The summed E-state index contributed by atoms with van der Waals surface area (Å²) < 4.78 is 9.01. The van der Waals surface area contributed by atoms with Crippen LogP contribution in [0.5, 0.6) is 0 Å². The number of amides is 2. The summed E-state index contributed by atoms with van der Waals surface area (Å²) in [5.41, 5.74) is 1.78. The number of carbonyl (C=O) groups is 2. The second kappa shape index (κ2) is 6.96. The van der Waals surface area contributed by atoms with Crippen molar-refractivity contribution in [2.45, 2.75) is 19.5 Å². The van der Waals surface area contributed by atoms with E-state index in [2.05, 4.69) is 9.59 Å². The Balaban J connectivity index is 1.67. The van der Waals surface area contributed by atoms with Gasteiger partial charge in [0.25, 0.3) is 0 Å². The van der Waals surface area contributed by atoms with Gasteiger partial charge in [0.15, 0.2) is 0 Å². The molecule has 0 N–H and O–H groups in total. The van der Waals surface area contributed by atoms with Gasteiger partial charge in [-0.2, -0.15) is 0 Å². The molecule has 8 heteroatoms. The molecule has 2 amide bonds. The Kier molecular flexibility index (Phi) is 4.75. The molecule has 1 aliphatic rings. The van der Waals surface area contributed by atoms with Gasteiger partial charge in [-0.05, 0) is 24.0 Å². The maximum Gasteiger partial charge on any atom is 0.410 e. The Morgan fingerprint density at radius 1 is 1.42 bits per heavy atom. The number of hydrogen-bond donors (Lipinski definition) is 0. The zero-order chi connectivity index (χ0) is 17.1. The number of hydrogen-bond acceptors (Lipinski definition) is 6. The SMILES string of the molecule is Cc1nnsc1CN(C)C(=O)CN1C(=O)OC[C@@H]1c1ccccc1. The Bertz CT molecular complexity index is 734. The first kappa shape index (κ1) is 16.4. The molecule has 1 aromatic carbocycles. The van der Waals surface area contributed by atoms with Crippen LogP contribution in [0, 0.1) is 6.92 Å². The van der Waals surface area contributed by atoms with E-state index in [-0.39, 0.29) is 25.1 Å². The number of nitrogens with zero attached hydrogens (tertiary/aromatic N) is 4. The van der Waals surface area contributed by atoms with Crippen LogP contribution in [0.15, 0.2) is 30.3 Å². The van der Waals surface area contributed by atoms with E-state index < -0.39 is 6.09 Å². The highest BCUT2D eigenvalue weighted by Gasteiger charge is 2.35. The van der Waals surface area contributed by atoms with Crippen LogP contribution in [0.2, 0.25) is 0 Å². The average molecular weight is 346 g/mol. The maximum atomic E-state index is 12.5. The lowest BCUT2D eigenvalue weighted by Gasteiger charge is -2.24. The second-order valence-electron chi connectivity index (χ2n) is 5.66. The third kappa shape index (κ3) is 3.38. The van der Waals surface area contributed by atoms with Crippen LogP contribution in [-0.4, -0.2) is 51.6 Å². The number of ether oxygens (including phenoxy) is 1. The molecular weight excluding hydrogens is 328 g/mol. The summed E-state index contributed by atoms with van der Waals surface area (Å²) in [6.45, 7) is 2.54. The molecule has 1 aromatic heterocycles. The number of rotatable bonds is 5. The lowest BCUT2D eigenvalue weighted by atomic mass is 10.1. The molecule has 2 aromatic rings. The fourth-order valence-electron chi connectivity index (χ4n) is 2.54. The first-order valence-corrected chi connectivity index (χ1v) is 8.33. The van der Waals surface area contributed by atoms with Gasteiger partial charge < -0.3 is 9.64 Å². The second-order valence-corrected chi connectivity index (χ2v) is 6.50. The Hall–Kier alpha value is -2.48. The fraction of sp³-hybridized carbons (Fsp3) is 0.375. The average Bonchev–Trinajstić information content (AvgIpc) is 3.15. The summed E-state index contributed by atoms with van der Waals surface area (Å²) in [5.74, 6) is -0.150. The molecule has 0 radical (unpaired) electrons. The molecule has 1 atom stereocenters. The smallest absolute Gasteiger partial charge is 0.410 e. The van der Waals surface area contributed by atoms with E-state index in [4.69, 9.17) is 4.74 Å². The van der Waals surface area contributed by atoms with Crippen LogP contribution < -0.4 is 0 Å². The van der Waals surface area contributed by atoms with Crippen molar-refractivity contribution < 1.29 is 14.3 Å². The van der Waals surface area contributed by atoms with Gasteiger partial charge in [-0.15, -0.1) is 5.10 Å². The van der Waals surface area contributed by atoms with Crippen LogP contribution in [0.1, 0.15) is 22.2 Å². The Morgan fingerprint density at radius 2 is 2.17 bits per heavy atom. The number of carbonyl (C=O) groups excluding carboxylic acids is 2. The van der Waals surface area contributed by atoms with Crippen molar-refractivity contribution in [2.75, 3.05) is 20.2 Å². The third-order valence-electron chi connectivity index (χ3n) is 4.02. The first-order valence-electron chi connectivity index (χ1n) is 7.56. The molecule has 7 nitrogen and oxygen atoms in total. The van der Waals surface area contributed by atoms with E-state index in [1.54, 1.807) is 11.9 Å². The van der Waals surface area contributed by atoms with Crippen LogP contribution in [0.25, 0.3) is 0 Å². The zero-order valence-corrected chi connectivity index (χ0v) is 14.3. The molecule has 0 bridgehead atoms. The minimum absolute atomic E-state index is 0.0137. The van der Waals surface area contributed by atoms with E-state index in [0.29, 0.717) is 6.54 Å². The van der Waals surface area contributed by atoms with E-state index in [0.717, 1.165) is 16.1 Å². The molecule has 3 rings (SSSR count). The van der Waals surface area contributed by atoms with Crippen LogP contribution in [0.3, 0.4) is 0 Å². The van der Waals surface area contributed by atoms with Crippen molar-refractivity contribution >= 4 is 23.5 Å². The van der Waals surface area contributed by atoms with E-state index in [1.165, 1.54) is 16.4 Å². The first-order chi connectivity index (χ1) is 11.6. The summed E-state index contributed by atoms with van der Waals surface area (Å²) in [5, 5.41) is 3.94. The Morgan fingerprint density at radius 3 is 2.83 bits per heavy atom. The van der Waals surface area contributed by atoms with Crippen molar-refractivity contribution in [1.82, 2.24) is 19.4 Å². The molecule has 1 aliphatic heterocycles. The van der Waals surface area contributed by atoms with Crippen LogP contribution in [0.4, 0.5) is 4.79 Å². The van der Waals surface area contributed by atoms with Gasteiger partial charge >= 0.3 is 6.09 Å². The predicted octanol–water partition coefficient (Wildman–Crippen LogP) is 2.00. The van der Waals surface area contributed by atoms with Gasteiger partial charge in [-0.1, -0.05) is 34.8 Å². The number of aryl methyl sites for hydroxylation is 1. The highest BCUT2D eigenvalue weighted by molar-refractivity contribution is 7.05. The molecule has 2 heterocycles. The minimum Gasteiger partial charge on any atom is -0.447 e. The van der Waals surface area contributed by atoms with Crippen LogP contribution in [-0.2, 0) is 16.1 Å². The number of aromatic nitrogens is 2. The van der Waals surface area contributed by atoms with Gasteiger partial charge in [0.2, 0.25) is 5.91 Å². The quantitative estimate of drug-likeness (QED) is 0.828. The standard InChI is InChI=1S/C16H18N4O3S/c1-11-14(24-18-17-11)8-19(2)15(21)9-20-13(10-23-16(20)22)12-6-4-3-5-7-12/h3-7,13H,8-10H2,1-2H3/t13-/m1/s1. The highest BCUT2D eigenvalue weighted by Crippen LogP contribution is 2.27. The molecular formula is C16H18N4O3S. The lowest BCUT2D eigenvalue weighted by molar-refractivity contribution is -0.131. The van der Waals surface area contributed by atoms with Crippen molar-refractivity contribution in [3.8, 4) is 0 Å².